The maximum atomic E-state index is 10.8. The normalized spacial score (nSPS) is 10.7. The molecule has 0 aliphatic heterocycles. The minimum Gasteiger partial charge on any atom is -0.478 e. The summed E-state index contributed by atoms with van der Waals surface area (Å²) < 4.78 is 0. The van der Waals surface area contributed by atoms with E-state index >= 15 is 0 Å². The third-order valence-corrected chi connectivity index (χ3v) is 3.43. The summed E-state index contributed by atoms with van der Waals surface area (Å²) in [7, 11) is 0. The minimum absolute atomic E-state index is 0.260. The molecule has 88 valence electrons. The molecule has 0 radical (unpaired) electrons. The molecule has 0 unspecified atom stereocenters. The zero-order chi connectivity index (χ0) is 12.5. The van der Waals surface area contributed by atoms with Gasteiger partial charge in [-0.1, -0.05) is 23.5 Å². The SMILES string of the molecule is O=C(O)c1ccc(-c2nc3nccnc3s2)cc1. The molecule has 5 nitrogen and oxygen atoms in total. The van der Waals surface area contributed by atoms with E-state index < -0.39 is 5.97 Å². The topological polar surface area (TPSA) is 76.0 Å². The number of benzene rings is 1. The quantitative estimate of drug-likeness (QED) is 0.763. The van der Waals surface area contributed by atoms with E-state index in [0.29, 0.717) is 5.65 Å². The van der Waals surface area contributed by atoms with Crippen molar-refractivity contribution in [2.24, 2.45) is 0 Å². The highest BCUT2D eigenvalue weighted by Crippen LogP contribution is 2.27. The van der Waals surface area contributed by atoms with Crippen LogP contribution in [0.1, 0.15) is 10.4 Å². The van der Waals surface area contributed by atoms with E-state index in [4.69, 9.17) is 5.11 Å². The number of carboxylic acids is 1. The molecule has 1 aromatic carbocycles. The fraction of sp³-hybridized carbons (Fsp3) is 0. The van der Waals surface area contributed by atoms with Gasteiger partial charge in [-0.05, 0) is 12.1 Å². The Morgan fingerprint density at radius 2 is 1.83 bits per heavy atom. The Bertz CT molecular complexity index is 689. The average molecular weight is 257 g/mol. The van der Waals surface area contributed by atoms with Gasteiger partial charge in [0.05, 0.1) is 5.56 Å². The first kappa shape index (κ1) is 10.8. The first-order valence-electron chi connectivity index (χ1n) is 5.15. The predicted molar refractivity (Wildman–Crippen MR) is 67.6 cm³/mol. The molecule has 2 heterocycles. The van der Waals surface area contributed by atoms with Crippen molar-refractivity contribution in [1.29, 1.82) is 0 Å². The van der Waals surface area contributed by atoms with Crippen LogP contribution in [-0.2, 0) is 0 Å². The number of thiazole rings is 1. The molecule has 0 saturated carbocycles. The molecule has 0 bridgehead atoms. The number of carboxylic acid groups (broad SMARTS) is 1. The Kier molecular flexibility index (Phi) is 2.49. The van der Waals surface area contributed by atoms with E-state index in [1.807, 2.05) is 0 Å². The molecule has 1 N–H and O–H groups in total. The maximum absolute atomic E-state index is 10.8. The molecular weight excluding hydrogens is 250 g/mol. The molecule has 0 aliphatic carbocycles. The van der Waals surface area contributed by atoms with Gasteiger partial charge in [0.2, 0.25) is 0 Å². The second-order valence-corrected chi connectivity index (χ2v) is 4.56. The summed E-state index contributed by atoms with van der Waals surface area (Å²) in [4.78, 5) is 24.2. The molecule has 6 heteroatoms. The summed E-state index contributed by atoms with van der Waals surface area (Å²) in [6.45, 7) is 0. The van der Waals surface area contributed by atoms with Crippen LogP contribution in [0.3, 0.4) is 0 Å². The number of hydrogen-bond donors (Lipinski definition) is 1. The largest absolute Gasteiger partial charge is 0.478 e. The van der Waals surface area contributed by atoms with Crippen molar-refractivity contribution in [2.75, 3.05) is 0 Å². The third-order valence-electron chi connectivity index (χ3n) is 2.43. The maximum Gasteiger partial charge on any atom is 0.335 e. The van der Waals surface area contributed by atoms with Gasteiger partial charge >= 0.3 is 5.97 Å². The van der Waals surface area contributed by atoms with Crippen LogP contribution in [-0.4, -0.2) is 26.0 Å². The molecule has 3 aromatic rings. The summed E-state index contributed by atoms with van der Waals surface area (Å²) in [5.74, 6) is -0.936. The molecule has 0 spiro atoms. The van der Waals surface area contributed by atoms with Crippen molar-refractivity contribution >= 4 is 27.8 Å². The van der Waals surface area contributed by atoms with Gasteiger partial charge in [0.25, 0.3) is 0 Å². The summed E-state index contributed by atoms with van der Waals surface area (Å²) in [5.41, 5.74) is 1.74. The summed E-state index contributed by atoms with van der Waals surface area (Å²) in [6, 6.07) is 6.59. The number of aromatic carboxylic acids is 1. The van der Waals surface area contributed by atoms with Gasteiger partial charge in [-0.25, -0.2) is 19.7 Å². The van der Waals surface area contributed by atoms with Gasteiger partial charge in [-0.2, -0.15) is 0 Å². The lowest BCUT2D eigenvalue weighted by atomic mass is 10.1. The van der Waals surface area contributed by atoms with Gasteiger partial charge in [0.15, 0.2) is 10.5 Å². The molecule has 0 amide bonds. The standard InChI is InChI=1S/C12H7N3O2S/c16-12(17)8-3-1-7(2-4-8)10-15-9-11(18-10)14-6-5-13-9/h1-6H,(H,16,17). The lowest BCUT2D eigenvalue weighted by Gasteiger charge is -1.96. The minimum atomic E-state index is -0.936. The van der Waals surface area contributed by atoms with E-state index in [0.717, 1.165) is 15.4 Å². The first-order valence-corrected chi connectivity index (χ1v) is 5.97. The van der Waals surface area contributed by atoms with Crippen molar-refractivity contribution in [3.05, 3.63) is 42.2 Å². The molecule has 3 rings (SSSR count). The Labute approximate surface area is 106 Å². The first-order chi connectivity index (χ1) is 8.74. The average Bonchev–Trinajstić information content (AvgIpc) is 2.82. The summed E-state index contributed by atoms with van der Waals surface area (Å²) >= 11 is 1.43. The van der Waals surface area contributed by atoms with Gasteiger partial charge in [-0.15, -0.1) is 0 Å². The third kappa shape index (κ3) is 1.82. The monoisotopic (exact) mass is 257 g/mol. The van der Waals surface area contributed by atoms with Gasteiger partial charge in [0.1, 0.15) is 5.01 Å². The lowest BCUT2D eigenvalue weighted by molar-refractivity contribution is 0.0697. The number of fused-ring (bicyclic) bond motifs is 1. The summed E-state index contributed by atoms with van der Waals surface area (Å²) in [5, 5.41) is 9.61. The molecule has 0 aliphatic rings. The number of carbonyl (C=O) groups is 1. The molecule has 0 saturated heterocycles. The zero-order valence-electron chi connectivity index (χ0n) is 9.07. The zero-order valence-corrected chi connectivity index (χ0v) is 9.89. The van der Waals surface area contributed by atoms with Crippen molar-refractivity contribution in [3.63, 3.8) is 0 Å². The molecule has 0 fully saturated rings. The van der Waals surface area contributed by atoms with Crippen LogP contribution in [0.25, 0.3) is 21.0 Å². The van der Waals surface area contributed by atoms with Crippen LogP contribution < -0.4 is 0 Å². The van der Waals surface area contributed by atoms with E-state index in [1.165, 1.54) is 11.3 Å². The number of nitrogens with zero attached hydrogens (tertiary/aromatic N) is 3. The lowest BCUT2D eigenvalue weighted by Crippen LogP contribution is -1.94. The highest BCUT2D eigenvalue weighted by molar-refractivity contribution is 7.21. The molecule has 18 heavy (non-hydrogen) atoms. The Morgan fingerprint density at radius 1 is 1.11 bits per heavy atom. The highest BCUT2D eigenvalue weighted by Gasteiger charge is 2.08. The molecular formula is C12H7N3O2S. The van der Waals surface area contributed by atoms with Crippen LogP contribution in [0.15, 0.2) is 36.7 Å². The molecule has 0 atom stereocenters. The molecule has 2 aromatic heterocycles. The van der Waals surface area contributed by atoms with Gasteiger partial charge in [-0.3, -0.25) is 0 Å². The van der Waals surface area contributed by atoms with E-state index in [-0.39, 0.29) is 5.56 Å². The second-order valence-electron chi connectivity index (χ2n) is 3.59. The fourth-order valence-electron chi connectivity index (χ4n) is 1.56. The van der Waals surface area contributed by atoms with Gasteiger partial charge in [0, 0.05) is 18.0 Å². The van der Waals surface area contributed by atoms with E-state index in [2.05, 4.69) is 15.0 Å². The Morgan fingerprint density at radius 3 is 2.50 bits per heavy atom. The summed E-state index contributed by atoms with van der Waals surface area (Å²) in [6.07, 6.45) is 3.22. The van der Waals surface area contributed by atoms with Crippen LogP contribution in [0.5, 0.6) is 0 Å². The Hall–Kier alpha value is -2.34. The van der Waals surface area contributed by atoms with E-state index in [9.17, 15) is 4.79 Å². The van der Waals surface area contributed by atoms with Crippen molar-refractivity contribution in [2.45, 2.75) is 0 Å². The van der Waals surface area contributed by atoms with Crippen LogP contribution >= 0.6 is 11.3 Å². The van der Waals surface area contributed by atoms with Gasteiger partial charge < -0.3 is 5.11 Å². The van der Waals surface area contributed by atoms with Crippen molar-refractivity contribution < 1.29 is 9.90 Å². The van der Waals surface area contributed by atoms with Crippen LogP contribution in [0, 0.1) is 0 Å². The van der Waals surface area contributed by atoms with Crippen molar-refractivity contribution in [3.8, 4) is 10.6 Å². The van der Waals surface area contributed by atoms with Crippen molar-refractivity contribution in [1.82, 2.24) is 15.0 Å². The Balaban J connectivity index is 2.06. The van der Waals surface area contributed by atoms with E-state index in [1.54, 1.807) is 36.7 Å². The fourth-order valence-corrected chi connectivity index (χ4v) is 2.43. The predicted octanol–water partition coefficient (Wildman–Crippen LogP) is 2.45. The second kappa shape index (κ2) is 4.15. The van der Waals surface area contributed by atoms with Crippen LogP contribution in [0.4, 0.5) is 0 Å². The smallest absolute Gasteiger partial charge is 0.335 e. The van der Waals surface area contributed by atoms with Crippen LogP contribution in [0.2, 0.25) is 0 Å². The number of aromatic nitrogens is 3. The number of rotatable bonds is 2. The number of hydrogen-bond acceptors (Lipinski definition) is 5. The highest BCUT2D eigenvalue weighted by atomic mass is 32.1.